The summed E-state index contributed by atoms with van der Waals surface area (Å²) in [5, 5.41) is 0. The molecular weight excluding hydrogens is 449 g/mol. The van der Waals surface area contributed by atoms with Crippen LogP contribution in [0.25, 0.3) is 0 Å². The molecule has 3 heterocycles. The van der Waals surface area contributed by atoms with E-state index in [-0.39, 0.29) is 30.8 Å². The fraction of sp³-hybridized carbons (Fsp3) is 0.667. The standard InChI is InChI=1S/C27H36FN3O4/c1-2-30-11-9-16(10-12-30)18-7-8-19(26(29)33)20(13-18)23(17-5-3-4-6-17)27(34)31-14-21(28)25-24(31)22(32)15-35-25/h7-8,13,16-17,21,23-25H,2-6,9-12,14-15H2,1H3,(H2,29,33)/t21-,23-,24+,25+/m0/s1. The van der Waals surface area contributed by atoms with Crippen LogP contribution >= 0.6 is 0 Å². The Morgan fingerprint density at radius 1 is 1.17 bits per heavy atom. The summed E-state index contributed by atoms with van der Waals surface area (Å²) in [6.45, 7) is 4.94. The summed E-state index contributed by atoms with van der Waals surface area (Å²) in [6.07, 6.45) is 3.52. The molecule has 3 saturated heterocycles. The number of piperidine rings is 1. The maximum absolute atomic E-state index is 14.7. The van der Waals surface area contributed by atoms with Crippen molar-refractivity contribution in [1.82, 2.24) is 9.80 Å². The van der Waals surface area contributed by atoms with Crippen molar-refractivity contribution in [3.8, 4) is 0 Å². The first-order valence-corrected chi connectivity index (χ1v) is 13.1. The molecule has 2 N–H and O–H groups in total. The van der Waals surface area contributed by atoms with E-state index >= 15 is 0 Å². The van der Waals surface area contributed by atoms with Crippen molar-refractivity contribution in [2.75, 3.05) is 32.8 Å². The van der Waals surface area contributed by atoms with E-state index in [2.05, 4.69) is 11.8 Å². The fourth-order valence-electron chi connectivity index (χ4n) is 6.78. The lowest BCUT2D eigenvalue weighted by molar-refractivity contribution is -0.138. The van der Waals surface area contributed by atoms with Crippen molar-refractivity contribution in [2.45, 2.75) is 75.6 Å². The maximum atomic E-state index is 14.7. The summed E-state index contributed by atoms with van der Waals surface area (Å²) >= 11 is 0. The topological polar surface area (TPSA) is 92.9 Å². The highest BCUT2D eigenvalue weighted by molar-refractivity contribution is 5.99. The van der Waals surface area contributed by atoms with E-state index in [1.54, 1.807) is 6.07 Å². The van der Waals surface area contributed by atoms with Gasteiger partial charge in [0.2, 0.25) is 11.8 Å². The summed E-state index contributed by atoms with van der Waals surface area (Å²) in [6, 6.07) is 4.88. The maximum Gasteiger partial charge on any atom is 0.249 e. The SMILES string of the molecule is CCN1CCC(c2ccc(C(N)=O)c([C@@H](C(=O)N3C[C@H](F)[C@H]4OCC(=O)[C@H]43)C3CCCC3)c2)CC1. The third-order valence-corrected chi connectivity index (χ3v) is 8.73. The minimum Gasteiger partial charge on any atom is -0.366 e. The van der Waals surface area contributed by atoms with Crippen molar-refractivity contribution in [2.24, 2.45) is 11.7 Å². The largest absolute Gasteiger partial charge is 0.366 e. The van der Waals surface area contributed by atoms with Crippen LogP contribution in [0.5, 0.6) is 0 Å². The number of primary amides is 1. The van der Waals surface area contributed by atoms with Gasteiger partial charge in [0.25, 0.3) is 0 Å². The van der Waals surface area contributed by atoms with E-state index in [9.17, 15) is 18.8 Å². The van der Waals surface area contributed by atoms with Crippen LogP contribution in [0.15, 0.2) is 18.2 Å². The Morgan fingerprint density at radius 3 is 2.54 bits per heavy atom. The number of ether oxygens (including phenoxy) is 1. The van der Waals surface area contributed by atoms with Gasteiger partial charge in [0, 0.05) is 5.56 Å². The van der Waals surface area contributed by atoms with Crippen LogP contribution in [0.3, 0.4) is 0 Å². The molecular formula is C27H36FN3O4. The van der Waals surface area contributed by atoms with Gasteiger partial charge < -0.3 is 20.3 Å². The van der Waals surface area contributed by atoms with Gasteiger partial charge >= 0.3 is 0 Å². The zero-order valence-corrected chi connectivity index (χ0v) is 20.5. The van der Waals surface area contributed by atoms with Crippen LogP contribution in [0, 0.1) is 5.92 Å². The van der Waals surface area contributed by atoms with Crippen LogP contribution in [-0.4, -0.2) is 78.5 Å². The molecule has 1 aromatic carbocycles. The first kappa shape index (κ1) is 24.4. The Bertz CT molecular complexity index is 987. The van der Waals surface area contributed by atoms with Gasteiger partial charge in [-0.3, -0.25) is 14.4 Å². The average molecular weight is 486 g/mol. The number of benzene rings is 1. The molecule has 4 aliphatic rings. The Labute approximate surface area is 206 Å². The zero-order chi connectivity index (χ0) is 24.7. The van der Waals surface area contributed by atoms with Crippen LogP contribution in [-0.2, 0) is 14.3 Å². The molecule has 1 aromatic rings. The number of carbonyl (C=O) groups is 3. The van der Waals surface area contributed by atoms with E-state index < -0.39 is 30.1 Å². The number of ketones is 1. The minimum absolute atomic E-state index is 0.0346. The first-order valence-electron chi connectivity index (χ1n) is 13.1. The van der Waals surface area contributed by atoms with Gasteiger partial charge in [-0.25, -0.2) is 4.39 Å². The molecule has 0 radical (unpaired) electrons. The number of amides is 2. The summed E-state index contributed by atoms with van der Waals surface area (Å²) in [5.41, 5.74) is 7.92. The third kappa shape index (κ3) is 4.51. The molecule has 0 bridgehead atoms. The molecule has 1 saturated carbocycles. The summed E-state index contributed by atoms with van der Waals surface area (Å²) in [7, 11) is 0. The normalized spacial score (nSPS) is 29.0. The second-order valence-corrected chi connectivity index (χ2v) is 10.6. The number of rotatable bonds is 6. The summed E-state index contributed by atoms with van der Waals surface area (Å²) < 4.78 is 20.1. The number of Topliss-reactive ketones (excluding diaryl/α,β-unsaturated/α-hetero) is 1. The lowest BCUT2D eigenvalue weighted by Gasteiger charge is -2.33. The smallest absolute Gasteiger partial charge is 0.249 e. The quantitative estimate of drug-likeness (QED) is 0.669. The van der Waals surface area contributed by atoms with Crippen molar-refractivity contribution >= 4 is 17.6 Å². The van der Waals surface area contributed by atoms with Crippen LogP contribution < -0.4 is 5.73 Å². The molecule has 7 nitrogen and oxygen atoms in total. The van der Waals surface area contributed by atoms with Crippen LogP contribution in [0.4, 0.5) is 4.39 Å². The fourth-order valence-corrected chi connectivity index (χ4v) is 6.78. The molecule has 8 heteroatoms. The van der Waals surface area contributed by atoms with E-state index in [1.165, 1.54) is 4.90 Å². The minimum atomic E-state index is -1.38. The molecule has 35 heavy (non-hydrogen) atoms. The molecule has 5 rings (SSSR count). The Kier molecular flexibility index (Phi) is 6.95. The monoisotopic (exact) mass is 485 g/mol. The Balaban J connectivity index is 1.52. The van der Waals surface area contributed by atoms with Crippen molar-refractivity contribution < 1.29 is 23.5 Å². The highest BCUT2D eigenvalue weighted by Crippen LogP contribution is 2.43. The molecule has 4 fully saturated rings. The predicted molar refractivity (Wildman–Crippen MR) is 129 cm³/mol. The molecule has 190 valence electrons. The summed E-state index contributed by atoms with van der Waals surface area (Å²) in [5.74, 6) is -1.31. The van der Waals surface area contributed by atoms with Gasteiger partial charge in [0.15, 0.2) is 5.78 Å². The lowest BCUT2D eigenvalue weighted by Crippen LogP contribution is -2.45. The van der Waals surface area contributed by atoms with E-state index in [0.29, 0.717) is 17.0 Å². The van der Waals surface area contributed by atoms with Crippen LogP contribution in [0.1, 0.15) is 78.8 Å². The van der Waals surface area contributed by atoms with Gasteiger partial charge in [0.05, 0.1) is 12.5 Å². The summed E-state index contributed by atoms with van der Waals surface area (Å²) in [4.78, 5) is 42.9. The number of nitrogens with zero attached hydrogens (tertiary/aromatic N) is 2. The Hall–Kier alpha value is -2.32. The van der Waals surface area contributed by atoms with Gasteiger partial charge in [-0.05, 0) is 74.3 Å². The number of alkyl halides is 1. The molecule has 0 spiro atoms. The number of fused-ring (bicyclic) bond motifs is 1. The van der Waals surface area contributed by atoms with E-state index in [1.807, 2.05) is 12.1 Å². The number of carbonyl (C=O) groups excluding carboxylic acids is 3. The lowest BCUT2D eigenvalue weighted by atomic mass is 9.78. The second-order valence-electron chi connectivity index (χ2n) is 10.6. The predicted octanol–water partition coefficient (Wildman–Crippen LogP) is 2.78. The number of nitrogens with two attached hydrogens (primary N) is 1. The molecule has 3 aliphatic heterocycles. The number of likely N-dealkylation sites (tertiary alicyclic amines) is 2. The Morgan fingerprint density at radius 2 is 1.89 bits per heavy atom. The van der Waals surface area contributed by atoms with Crippen molar-refractivity contribution in [1.29, 1.82) is 0 Å². The molecule has 0 unspecified atom stereocenters. The third-order valence-electron chi connectivity index (χ3n) is 8.73. The van der Waals surface area contributed by atoms with Gasteiger partial charge in [-0.15, -0.1) is 0 Å². The molecule has 0 aromatic heterocycles. The molecule has 1 aliphatic carbocycles. The van der Waals surface area contributed by atoms with E-state index in [0.717, 1.165) is 63.7 Å². The average Bonchev–Trinajstić information content (AvgIpc) is 3.59. The zero-order valence-electron chi connectivity index (χ0n) is 20.5. The van der Waals surface area contributed by atoms with Gasteiger partial charge in [-0.1, -0.05) is 31.9 Å². The molecule has 2 amide bonds. The number of hydrogen-bond acceptors (Lipinski definition) is 5. The van der Waals surface area contributed by atoms with Gasteiger partial charge in [-0.2, -0.15) is 0 Å². The second kappa shape index (κ2) is 9.97. The van der Waals surface area contributed by atoms with Crippen LogP contribution in [0.2, 0.25) is 0 Å². The van der Waals surface area contributed by atoms with Crippen molar-refractivity contribution in [3.05, 3.63) is 34.9 Å². The van der Waals surface area contributed by atoms with Crippen molar-refractivity contribution in [3.63, 3.8) is 0 Å². The van der Waals surface area contributed by atoms with Gasteiger partial charge in [0.1, 0.15) is 24.9 Å². The highest BCUT2D eigenvalue weighted by atomic mass is 19.1. The molecule has 4 atom stereocenters. The first-order chi connectivity index (χ1) is 16.9. The number of halogens is 1. The highest BCUT2D eigenvalue weighted by Gasteiger charge is 2.54. The number of hydrogen-bond donors (Lipinski definition) is 1. The van der Waals surface area contributed by atoms with E-state index in [4.69, 9.17) is 10.5 Å².